The fourth-order valence-electron chi connectivity index (χ4n) is 1.92. The van der Waals surface area contributed by atoms with E-state index in [4.69, 9.17) is 4.74 Å². The first-order chi connectivity index (χ1) is 9.11. The Bertz CT molecular complexity index is 585. The van der Waals surface area contributed by atoms with Crippen LogP contribution in [0.4, 0.5) is 0 Å². The topological polar surface area (TPSA) is 57.6 Å². The van der Waals surface area contributed by atoms with E-state index in [9.17, 15) is 5.11 Å². The van der Waals surface area contributed by atoms with Crippen LogP contribution in [0.1, 0.15) is 25.8 Å². The standard InChI is InChI=1S/C15H20N2O2/c1-10(2)6-7-16-9-13-12-8-11(19-3)4-5-14(12)17-15(13)18/h4-5,8-10,17-18H,6-7H2,1-3H3. The molecular formula is C15H20N2O2. The van der Waals surface area contributed by atoms with Crippen LogP contribution in [0.25, 0.3) is 10.9 Å². The first kappa shape index (κ1) is 13.5. The SMILES string of the molecule is COc1ccc2[nH]c(O)c(C=NCCC(C)C)c2c1. The molecule has 2 rings (SSSR count). The van der Waals surface area contributed by atoms with E-state index in [1.165, 1.54) is 0 Å². The summed E-state index contributed by atoms with van der Waals surface area (Å²) in [6, 6.07) is 5.65. The fraction of sp³-hybridized carbons (Fsp3) is 0.400. The molecule has 0 unspecified atom stereocenters. The van der Waals surface area contributed by atoms with E-state index in [-0.39, 0.29) is 5.88 Å². The maximum atomic E-state index is 9.92. The number of nitrogens with one attached hydrogen (secondary N) is 1. The van der Waals surface area contributed by atoms with Crippen LogP contribution in [-0.4, -0.2) is 30.0 Å². The second-order valence-corrected chi connectivity index (χ2v) is 5.02. The van der Waals surface area contributed by atoms with Gasteiger partial charge < -0.3 is 14.8 Å². The van der Waals surface area contributed by atoms with Crippen LogP contribution in [-0.2, 0) is 0 Å². The Balaban J connectivity index is 2.28. The highest BCUT2D eigenvalue weighted by molar-refractivity contribution is 6.02. The Labute approximate surface area is 113 Å². The van der Waals surface area contributed by atoms with Gasteiger partial charge in [-0.05, 0) is 30.5 Å². The third-order valence-corrected chi connectivity index (χ3v) is 3.08. The molecule has 19 heavy (non-hydrogen) atoms. The molecule has 102 valence electrons. The molecular weight excluding hydrogens is 240 g/mol. The highest BCUT2D eigenvalue weighted by Crippen LogP contribution is 2.28. The van der Waals surface area contributed by atoms with Gasteiger partial charge in [-0.3, -0.25) is 4.99 Å². The van der Waals surface area contributed by atoms with Gasteiger partial charge in [-0.2, -0.15) is 0 Å². The minimum atomic E-state index is 0.150. The second kappa shape index (κ2) is 5.78. The molecule has 0 aliphatic rings. The van der Waals surface area contributed by atoms with Crippen LogP contribution in [0.5, 0.6) is 11.6 Å². The molecule has 0 radical (unpaired) electrons. The molecule has 0 atom stereocenters. The van der Waals surface area contributed by atoms with Crippen molar-refractivity contribution in [1.82, 2.24) is 4.98 Å². The lowest BCUT2D eigenvalue weighted by atomic mass is 10.1. The molecule has 2 N–H and O–H groups in total. The number of H-pyrrole nitrogens is 1. The van der Waals surface area contributed by atoms with E-state index in [0.717, 1.165) is 35.2 Å². The zero-order valence-electron chi connectivity index (χ0n) is 11.6. The number of rotatable bonds is 5. The van der Waals surface area contributed by atoms with Crippen LogP contribution in [0.2, 0.25) is 0 Å². The monoisotopic (exact) mass is 260 g/mol. The Morgan fingerprint density at radius 3 is 2.89 bits per heavy atom. The number of aliphatic imine (C=N–C) groups is 1. The van der Waals surface area contributed by atoms with Crippen molar-refractivity contribution in [2.45, 2.75) is 20.3 Å². The summed E-state index contributed by atoms with van der Waals surface area (Å²) in [5.41, 5.74) is 1.60. The predicted molar refractivity (Wildman–Crippen MR) is 78.4 cm³/mol. The van der Waals surface area contributed by atoms with Crippen LogP contribution in [0.15, 0.2) is 23.2 Å². The Morgan fingerprint density at radius 2 is 2.21 bits per heavy atom. The highest BCUT2D eigenvalue weighted by atomic mass is 16.5. The zero-order chi connectivity index (χ0) is 13.8. The van der Waals surface area contributed by atoms with Gasteiger partial charge in [0.25, 0.3) is 0 Å². The molecule has 0 saturated carbocycles. The average Bonchev–Trinajstić information content (AvgIpc) is 2.69. The Hall–Kier alpha value is -1.97. The van der Waals surface area contributed by atoms with Crippen LogP contribution < -0.4 is 4.74 Å². The third-order valence-electron chi connectivity index (χ3n) is 3.08. The molecule has 0 aliphatic carbocycles. The van der Waals surface area contributed by atoms with E-state index < -0.39 is 0 Å². The van der Waals surface area contributed by atoms with E-state index in [1.54, 1.807) is 13.3 Å². The Kier molecular flexibility index (Phi) is 4.10. The van der Waals surface area contributed by atoms with Gasteiger partial charge >= 0.3 is 0 Å². The normalized spacial score (nSPS) is 11.8. The maximum absolute atomic E-state index is 9.92. The van der Waals surface area contributed by atoms with Crippen molar-refractivity contribution in [2.24, 2.45) is 10.9 Å². The lowest BCUT2D eigenvalue weighted by molar-refractivity contribution is 0.415. The lowest BCUT2D eigenvalue weighted by Crippen LogP contribution is -1.91. The quantitative estimate of drug-likeness (QED) is 0.810. The first-order valence-corrected chi connectivity index (χ1v) is 6.50. The minimum absolute atomic E-state index is 0.150. The van der Waals surface area contributed by atoms with Gasteiger partial charge in [0, 0.05) is 23.7 Å². The first-order valence-electron chi connectivity index (χ1n) is 6.50. The minimum Gasteiger partial charge on any atom is -0.497 e. The molecule has 0 saturated heterocycles. The maximum Gasteiger partial charge on any atom is 0.198 e. The predicted octanol–water partition coefficient (Wildman–Crippen LogP) is 3.35. The highest BCUT2D eigenvalue weighted by Gasteiger charge is 2.09. The lowest BCUT2D eigenvalue weighted by Gasteiger charge is -2.00. The van der Waals surface area contributed by atoms with Gasteiger partial charge in [0.2, 0.25) is 0 Å². The van der Waals surface area contributed by atoms with Gasteiger partial charge in [-0.1, -0.05) is 13.8 Å². The number of fused-ring (bicyclic) bond motifs is 1. The van der Waals surface area contributed by atoms with Gasteiger partial charge in [0.05, 0.1) is 12.7 Å². The third kappa shape index (κ3) is 3.08. The number of benzene rings is 1. The number of aromatic amines is 1. The number of hydrogen-bond acceptors (Lipinski definition) is 3. The van der Waals surface area contributed by atoms with Crippen LogP contribution in [0.3, 0.4) is 0 Å². The average molecular weight is 260 g/mol. The smallest absolute Gasteiger partial charge is 0.198 e. The number of hydrogen-bond donors (Lipinski definition) is 2. The van der Waals surface area contributed by atoms with Gasteiger partial charge in [0.1, 0.15) is 5.75 Å². The summed E-state index contributed by atoms with van der Waals surface area (Å²) in [4.78, 5) is 7.31. The molecule has 4 heteroatoms. The summed E-state index contributed by atoms with van der Waals surface area (Å²) < 4.78 is 5.20. The molecule has 1 aromatic carbocycles. The van der Waals surface area contributed by atoms with Crippen molar-refractivity contribution in [3.05, 3.63) is 23.8 Å². The Morgan fingerprint density at radius 1 is 1.42 bits per heavy atom. The second-order valence-electron chi connectivity index (χ2n) is 5.02. The van der Waals surface area contributed by atoms with Crippen molar-refractivity contribution in [2.75, 3.05) is 13.7 Å². The molecule has 1 heterocycles. The number of aromatic hydroxyl groups is 1. The molecule has 0 amide bonds. The van der Waals surface area contributed by atoms with Gasteiger partial charge in [-0.25, -0.2) is 0 Å². The summed E-state index contributed by atoms with van der Waals surface area (Å²) in [7, 11) is 1.63. The molecule has 4 nitrogen and oxygen atoms in total. The van der Waals surface area contributed by atoms with Crippen molar-refractivity contribution >= 4 is 17.1 Å². The fourth-order valence-corrected chi connectivity index (χ4v) is 1.92. The number of methoxy groups -OCH3 is 1. The zero-order valence-corrected chi connectivity index (χ0v) is 11.6. The van der Waals surface area contributed by atoms with E-state index >= 15 is 0 Å². The van der Waals surface area contributed by atoms with Crippen molar-refractivity contribution in [3.8, 4) is 11.6 Å². The summed E-state index contributed by atoms with van der Waals surface area (Å²) in [6.45, 7) is 5.11. The van der Waals surface area contributed by atoms with E-state index in [0.29, 0.717) is 5.92 Å². The summed E-state index contributed by atoms with van der Waals surface area (Å²) in [5, 5.41) is 10.8. The van der Waals surface area contributed by atoms with Crippen molar-refractivity contribution < 1.29 is 9.84 Å². The van der Waals surface area contributed by atoms with Crippen LogP contribution in [0, 0.1) is 5.92 Å². The molecule has 0 spiro atoms. The summed E-state index contributed by atoms with van der Waals surface area (Å²) in [6.07, 6.45) is 2.78. The number of aromatic nitrogens is 1. The molecule has 2 aromatic rings. The van der Waals surface area contributed by atoms with E-state index in [1.807, 2.05) is 18.2 Å². The summed E-state index contributed by atoms with van der Waals surface area (Å²) in [5.74, 6) is 1.55. The van der Waals surface area contributed by atoms with Crippen molar-refractivity contribution in [1.29, 1.82) is 0 Å². The van der Waals surface area contributed by atoms with Crippen LogP contribution >= 0.6 is 0 Å². The number of ether oxygens (including phenoxy) is 1. The van der Waals surface area contributed by atoms with Gasteiger partial charge in [0.15, 0.2) is 5.88 Å². The van der Waals surface area contributed by atoms with Crippen molar-refractivity contribution in [3.63, 3.8) is 0 Å². The molecule has 0 aliphatic heterocycles. The van der Waals surface area contributed by atoms with E-state index in [2.05, 4.69) is 23.8 Å². The molecule has 0 bridgehead atoms. The molecule has 0 fully saturated rings. The molecule has 1 aromatic heterocycles. The van der Waals surface area contributed by atoms with Gasteiger partial charge in [-0.15, -0.1) is 0 Å². The summed E-state index contributed by atoms with van der Waals surface area (Å²) >= 11 is 0. The number of nitrogens with zero attached hydrogens (tertiary/aromatic N) is 1. The largest absolute Gasteiger partial charge is 0.497 e.